The van der Waals surface area contributed by atoms with Gasteiger partial charge in [-0.25, -0.2) is 4.98 Å². The van der Waals surface area contributed by atoms with Crippen LogP contribution in [0.1, 0.15) is 43.2 Å². The van der Waals surface area contributed by atoms with Crippen molar-refractivity contribution in [3.8, 4) is 5.75 Å². The van der Waals surface area contributed by atoms with Crippen LogP contribution in [0.5, 0.6) is 5.75 Å². The van der Waals surface area contributed by atoms with Crippen molar-refractivity contribution in [3.63, 3.8) is 0 Å². The molecule has 3 N–H and O–H groups in total. The van der Waals surface area contributed by atoms with E-state index in [4.69, 9.17) is 14.7 Å². The minimum atomic E-state index is 0.0828. The Kier molecular flexibility index (Phi) is 7.13. The van der Waals surface area contributed by atoms with Crippen molar-refractivity contribution >= 4 is 39.5 Å². The fraction of sp³-hybridized carbons (Fsp3) is 0.343. The molecule has 220 valence electrons. The van der Waals surface area contributed by atoms with E-state index in [1.165, 1.54) is 0 Å². The molecule has 0 aliphatic heterocycles. The lowest BCUT2D eigenvalue weighted by Gasteiger charge is -2.30. The second kappa shape index (κ2) is 11.2. The van der Waals surface area contributed by atoms with Gasteiger partial charge in [0.25, 0.3) is 0 Å². The number of rotatable bonds is 9. The number of anilines is 2. The van der Waals surface area contributed by atoms with Gasteiger partial charge in [0.2, 0.25) is 11.9 Å². The molecule has 7 rings (SSSR count). The van der Waals surface area contributed by atoms with Gasteiger partial charge in [-0.3, -0.25) is 4.79 Å². The number of H-pyrrole nitrogens is 1. The first-order chi connectivity index (χ1) is 21.0. The molecular formula is C35H38N6O2. The van der Waals surface area contributed by atoms with E-state index in [-0.39, 0.29) is 17.4 Å². The smallest absolute Gasteiger partial charge is 0.225 e. The maximum absolute atomic E-state index is 13.1. The number of aromatic amines is 1. The number of carbonyl (C=O) groups is 1. The highest BCUT2D eigenvalue weighted by Crippen LogP contribution is 2.56. The van der Waals surface area contributed by atoms with E-state index in [2.05, 4.69) is 33.8 Å². The lowest BCUT2D eigenvalue weighted by Crippen LogP contribution is -2.34. The molecule has 0 radical (unpaired) electrons. The summed E-state index contributed by atoms with van der Waals surface area (Å²) in [6.07, 6.45) is 7.65. The largest absolute Gasteiger partial charge is 0.489 e. The van der Waals surface area contributed by atoms with Crippen molar-refractivity contribution in [1.29, 1.82) is 0 Å². The third kappa shape index (κ3) is 5.74. The molecule has 8 heteroatoms. The van der Waals surface area contributed by atoms with Crippen molar-refractivity contribution < 1.29 is 9.53 Å². The zero-order valence-corrected chi connectivity index (χ0v) is 24.8. The van der Waals surface area contributed by atoms with E-state index in [9.17, 15) is 4.79 Å². The predicted octanol–water partition coefficient (Wildman–Crippen LogP) is 6.23. The molecule has 3 aromatic carbocycles. The number of hydrogen-bond acceptors (Lipinski definition) is 6. The van der Waals surface area contributed by atoms with Crippen LogP contribution in [0.2, 0.25) is 0 Å². The number of ether oxygens (including phenoxy) is 1. The number of nitrogens with one attached hydrogen (secondary N) is 3. The van der Waals surface area contributed by atoms with Crippen LogP contribution in [0.3, 0.4) is 0 Å². The first-order valence-corrected chi connectivity index (χ1v) is 15.2. The summed E-state index contributed by atoms with van der Waals surface area (Å²) in [4.78, 5) is 28.1. The maximum atomic E-state index is 13.1. The second-order valence-corrected chi connectivity index (χ2v) is 12.4. The molecule has 5 aromatic rings. The van der Waals surface area contributed by atoms with E-state index < -0.39 is 0 Å². The fourth-order valence-electron chi connectivity index (χ4n) is 6.64. The number of aromatic nitrogens is 3. The van der Waals surface area contributed by atoms with E-state index in [0.717, 1.165) is 76.6 Å². The molecule has 2 heterocycles. The average Bonchev–Trinajstić information content (AvgIpc) is 3.52. The van der Waals surface area contributed by atoms with Crippen LogP contribution in [0, 0.1) is 5.41 Å². The third-order valence-corrected chi connectivity index (χ3v) is 9.18. The SMILES string of the molecule is CN(C)c1nc(NC2CCC3(CC2)CC3NC(=O)Cc2c[nH]c3ccc(OCc4ccccc4)cc23)nc2ccccc12. The highest BCUT2D eigenvalue weighted by molar-refractivity contribution is 5.91. The maximum Gasteiger partial charge on any atom is 0.225 e. The molecule has 1 spiro atoms. The van der Waals surface area contributed by atoms with Gasteiger partial charge >= 0.3 is 0 Å². The van der Waals surface area contributed by atoms with Crippen LogP contribution in [0.25, 0.3) is 21.8 Å². The molecule has 0 saturated heterocycles. The minimum Gasteiger partial charge on any atom is -0.489 e. The molecular weight excluding hydrogens is 536 g/mol. The van der Waals surface area contributed by atoms with Crippen LogP contribution in [-0.2, 0) is 17.8 Å². The summed E-state index contributed by atoms with van der Waals surface area (Å²) in [5, 5.41) is 9.05. The van der Waals surface area contributed by atoms with Gasteiger partial charge in [0.1, 0.15) is 18.2 Å². The molecule has 1 unspecified atom stereocenters. The standard InChI is InChI=1S/C35H38N6O2/c1-41(2)33-27-10-6-7-11-30(27)38-34(40-33)37-25-14-16-35(17-15-25)20-31(35)39-32(42)18-24-21-36-29-13-12-26(19-28(24)29)43-22-23-8-4-3-5-9-23/h3-13,19,21,25,31,36H,14-18,20,22H2,1-2H3,(H,39,42)(H,37,38,40). The van der Waals surface area contributed by atoms with E-state index in [1.54, 1.807) is 0 Å². The third-order valence-electron chi connectivity index (χ3n) is 9.18. The quantitative estimate of drug-likeness (QED) is 0.193. The molecule has 2 aliphatic carbocycles. The Hall–Kier alpha value is -4.59. The molecule has 1 amide bonds. The lowest BCUT2D eigenvalue weighted by atomic mass is 9.83. The summed E-state index contributed by atoms with van der Waals surface area (Å²) in [7, 11) is 4.03. The summed E-state index contributed by atoms with van der Waals surface area (Å²) in [5.74, 6) is 2.50. The number of fused-ring (bicyclic) bond motifs is 2. The van der Waals surface area contributed by atoms with Crippen LogP contribution >= 0.6 is 0 Å². The van der Waals surface area contributed by atoms with E-state index >= 15 is 0 Å². The van der Waals surface area contributed by atoms with Gasteiger partial charge in [0.05, 0.1) is 11.9 Å². The predicted molar refractivity (Wildman–Crippen MR) is 172 cm³/mol. The first-order valence-electron chi connectivity index (χ1n) is 15.2. The van der Waals surface area contributed by atoms with Crippen LogP contribution in [0.15, 0.2) is 79.0 Å². The molecule has 2 saturated carbocycles. The lowest BCUT2D eigenvalue weighted by molar-refractivity contribution is -0.120. The first kappa shape index (κ1) is 27.3. The molecule has 1 atom stereocenters. The van der Waals surface area contributed by atoms with Gasteiger partial charge in [-0.05, 0) is 79.0 Å². The van der Waals surface area contributed by atoms with Crippen LogP contribution in [0.4, 0.5) is 11.8 Å². The van der Waals surface area contributed by atoms with E-state index in [0.29, 0.717) is 25.0 Å². The van der Waals surface area contributed by atoms with Gasteiger partial charge < -0.3 is 25.3 Å². The number of nitrogens with zero attached hydrogens (tertiary/aromatic N) is 3. The van der Waals surface area contributed by atoms with Gasteiger partial charge in [-0.2, -0.15) is 4.98 Å². The fourth-order valence-corrected chi connectivity index (χ4v) is 6.64. The van der Waals surface area contributed by atoms with Crippen molar-refractivity contribution in [1.82, 2.24) is 20.3 Å². The number of amides is 1. The summed E-state index contributed by atoms with van der Waals surface area (Å²) in [6.45, 7) is 0.513. The van der Waals surface area contributed by atoms with Crippen molar-refractivity contribution in [3.05, 3.63) is 90.1 Å². The van der Waals surface area contributed by atoms with Crippen LogP contribution < -0.4 is 20.3 Å². The Morgan fingerprint density at radius 1 is 1.00 bits per heavy atom. The zero-order valence-electron chi connectivity index (χ0n) is 24.8. The Morgan fingerprint density at radius 2 is 1.79 bits per heavy atom. The van der Waals surface area contributed by atoms with Crippen molar-refractivity contribution in [2.45, 2.75) is 57.2 Å². The van der Waals surface area contributed by atoms with Crippen LogP contribution in [-0.4, -0.2) is 47.0 Å². The summed E-state index contributed by atoms with van der Waals surface area (Å²) in [5.41, 5.74) is 4.31. The Labute approximate surface area is 251 Å². The summed E-state index contributed by atoms with van der Waals surface area (Å²) in [6, 6.07) is 24.9. The van der Waals surface area contributed by atoms with Gasteiger partial charge in [-0.1, -0.05) is 42.5 Å². The van der Waals surface area contributed by atoms with Crippen molar-refractivity contribution in [2.24, 2.45) is 5.41 Å². The topological polar surface area (TPSA) is 95.2 Å². The monoisotopic (exact) mass is 574 g/mol. The molecule has 8 nitrogen and oxygen atoms in total. The molecule has 0 bridgehead atoms. The summed E-state index contributed by atoms with van der Waals surface area (Å²) >= 11 is 0. The average molecular weight is 575 g/mol. The van der Waals surface area contributed by atoms with Gasteiger partial charge in [0.15, 0.2) is 0 Å². The van der Waals surface area contributed by atoms with Gasteiger partial charge in [0, 0.05) is 48.7 Å². The highest BCUT2D eigenvalue weighted by atomic mass is 16.5. The summed E-state index contributed by atoms with van der Waals surface area (Å²) < 4.78 is 6.03. The number of para-hydroxylation sites is 1. The molecule has 43 heavy (non-hydrogen) atoms. The second-order valence-electron chi connectivity index (χ2n) is 12.4. The minimum absolute atomic E-state index is 0.0828. The molecule has 2 fully saturated rings. The number of carbonyl (C=O) groups excluding carboxylic acids is 1. The number of benzene rings is 3. The van der Waals surface area contributed by atoms with E-state index in [1.807, 2.05) is 79.8 Å². The Balaban J connectivity index is 0.932. The molecule has 2 aliphatic rings. The zero-order chi connectivity index (χ0) is 29.4. The highest BCUT2D eigenvalue weighted by Gasteiger charge is 2.55. The van der Waals surface area contributed by atoms with Crippen molar-refractivity contribution in [2.75, 3.05) is 24.3 Å². The van der Waals surface area contributed by atoms with Gasteiger partial charge in [-0.15, -0.1) is 0 Å². The number of hydrogen-bond donors (Lipinski definition) is 3. The molecule has 2 aromatic heterocycles. The Morgan fingerprint density at radius 3 is 2.60 bits per heavy atom. The normalized spacial score (nSPS) is 21.2. The Bertz CT molecular complexity index is 1760.